The van der Waals surface area contributed by atoms with E-state index in [2.05, 4.69) is 11.0 Å². The summed E-state index contributed by atoms with van der Waals surface area (Å²) in [6, 6.07) is 16.0. The van der Waals surface area contributed by atoms with E-state index in [1.165, 1.54) is 5.56 Å². The van der Waals surface area contributed by atoms with Gasteiger partial charge in [0.2, 0.25) is 22.7 Å². The topological polar surface area (TPSA) is 79.4 Å². The summed E-state index contributed by atoms with van der Waals surface area (Å²) in [4.78, 5) is 17.5. The van der Waals surface area contributed by atoms with Crippen molar-refractivity contribution in [2.45, 2.75) is 32.2 Å². The first kappa shape index (κ1) is 25.0. The quantitative estimate of drug-likeness (QED) is 0.540. The van der Waals surface area contributed by atoms with Crippen LogP contribution in [0.25, 0.3) is 0 Å². The molecular formula is C27H35N3O5S. The molecule has 0 aromatic heterocycles. The van der Waals surface area contributed by atoms with Gasteiger partial charge in [-0.2, -0.15) is 0 Å². The number of hydrogen-bond donors (Lipinski definition) is 0. The normalized spacial score (nSPS) is 21.0. The molecule has 1 atom stereocenters. The highest BCUT2D eigenvalue weighted by Crippen LogP contribution is 2.33. The van der Waals surface area contributed by atoms with Gasteiger partial charge in [0.15, 0.2) is 11.5 Å². The number of hydrogen-bond acceptors (Lipinski definition) is 6. The molecule has 2 saturated heterocycles. The number of benzene rings is 2. The van der Waals surface area contributed by atoms with Gasteiger partial charge in [-0.05, 0) is 48.9 Å². The summed E-state index contributed by atoms with van der Waals surface area (Å²) in [5.74, 6) is 1.55. The minimum Gasteiger partial charge on any atom is -0.454 e. The van der Waals surface area contributed by atoms with E-state index in [4.69, 9.17) is 9.47 Å². The van der Waals surface area contributed by atoms with E-state index in [0.29, 0.717) is 32.6 Å². The van der Waals surface area contributed by atoms with Crippen LogP contribution in [-0.4, -0.2) is 80.2 Å². The van der Waals surface area contributed by atoms with Crippen LogP contribution < -0.4 is 9.47 Å². The zero-order valence-corrected chi connectivity index (χ0v) is 21.5. The van der Waals surface area contributed by atoms with Crippen molar-refractivity contribution < 1.29 is 22.7 Å². The third-order valence-electron chi connectivity index (χ3n) is 7.36. The average molecular weight is 514 g/mol. The van der Waals surface area contributed by atoms with E-state index in [-0.39, 0.29) is 24.4 Å². The van der Waals surface area contributed by atoms with Crippen molar-refractivity contribution >= 4 is 15.9 Å². The second-order valence-electron chi connectivity index (χ2n) is 9.89. The van der Waals surface area contributed by atoms with Gasteiger partial charge in [0.1, 0.15) is 0 Å². The van der Waals surface area contributed by atoms with Crippen molar-refractivity contribution in [2.24, 2.45) is 5.92 Å². The monoisotopic (exact) mass is 513 g/mol. The average Bonchev–Trinajstić information content (AvgIpc) is 3.37. The molecule has 36 heavy (non-hydrogen) atoms. The van der Waals surface area contributed by atoms with Crippen LogP contribution in [0.15, 0.2) is 48.5 Å². The van der Waals surface area contributed by atoms with Crippen LogP contribution in [0.4, 0.5) is 0 Å². The number of piperazine rings is 1. The zero-order chi connectivity index (χ0) is 25.0. The first-order chi connectivity index (χ1) is 17.5. The smallest absolute Gasteiger partial charge is 0.231 e. The van der Waals surface area contributed by atoms with E-state index in [1.807, 2.05) is 47.4 Å². The lowest BCUT2D eigenvalue weighted by Gasteiger charge is -2.38. The molecule has 0 bridgehead atoms. The van der Waals surface area contributed by atoms with Crippen molar-refractivity contribution in [1.29, 1.82) is 0 Å². The number of amides is 1. The van der Waals surface area contributed by atoms with Crippen LogP contribution in [0, 0.1) is 5.92 Å². The Hall–Kier alpha value is -2.62. The first-order valence-electron chi connectivity index (χ1n) is 12.9. The van der Waals surface area contributed by atoms with Gasteiger partial charge in [0, 0.05) is 45.8 Å². The molecule has 5 rings (SSSR count). The number of ether oxygens (including phenoxy) is 2. The predicted octanol–water partition coefficient (Wildman–Crippen LogP) is 2.73. The molecule has 194 valence electrons. The van der Waals surface area contributed by atoms with E-state index in [9.17, 15) is 13.2 Å². The summed E-state index contributed by atoms with van der Waals surface area (Å²) in [6.45, 7) is 4.84. The van der Waals surface area contributed by atoms with E-state index in [1.54, 1.807) is 4.31 Å². The summed E-state index contributed by atoms with van der Waals surface area (Å²) in [6.07, 6.45) is 2.82. The van der Waals surface area contributed by atoms with Gasteiger partial charge in [-0.1, -0.05) is 36.4 Å². The van der Waals surface area contributed by atoms with Crippen molar-refractivity contribution in [1.82, 2.24) is 14.1 Å². The van der Waals surface area contributed by atoms with E-state index < -0.39 is 10.0 Å². The molecule has 0 N–H and O–H groups in total. The molecule has 2 aromatic carbocycles. The summed E-state index contributed by atoms with van der Waals surface area (Å²) in [7, 11) is -3.36. The Morgan fingerprint density at radius 3 is 2.50 bits per heavy atom. The lowest BCUT2D eigenvalue weighted by atomic mass is 9.97. The highest BCUT2D eigenvalue weighted by molar-refractivity contribution is 7.89. The summed E-state index contributed by atoms with van der Waals surface area (Å²) >= 11 is 0. The molecule has 0 aliphatic carbocycles. The number of fused-ring (bicyclic) bond motifs is 1. The Kier molecular flexibility index (Phi) is 7.79. The molecule has 2 fully saturated rings. The number of carbonyl (C=O) groups is 1. The number of aryl methyl sites for hydroxylation is 1. The Labute approximate surface area is 213 Å². The van der Waals surface area contributed by atoms with E-state index >= 15 is 0 Å². The van der Waals surface area contributed by atoms with Crippen molar-refractivity contribution in [2.75, 3.05) is 51.8 Å². The van der Waals surface area contributed by atoms with Gasteiger partial charge in [0.25, 0.3) is 0 Å². The minimum atomic E-state index is -3.36. The highest BCUT2D eigenvalue weighted by atomic mass is 32.2. The van der Waals surface area contributed by atoms with Crippen LogP contribution in [0.1, 0.15) is 30.4 Å². The van der Waals surface area contributed by atoms with Crippen LogP contribution in [0.3, 0.4) is 0 Å². The van der Waals surface area contributed by atoms with Gasteiger partial charge in [-0.25, -0.2) is 12.7 Å². The van der Waals surface area contributed by atoms with Gasteiger partial charge in [-0.3, -0.25) is 9.69 Å². The molecule has 0 spiro atoms. The number of nitrogens with zero attached hydrogens (tertiary/aromatic N) is 3. The van der Waals surface area contributed by atoms with E-state index in [0.717, 1.165) is 56.0 Å². The van der Waals surface area contributed by atoms with Gasteiger partial charge in [-0.15, -0.1) is 0 Å². The Morgan fingerprint density at radius 2 is 1.69 bits per heavy atom. The van der Waals surface area contributed by atoms with Crippen LogP contribution >= 0.6 is 0 Å². The minimum absolute atomic E-state index is 0.0990. The first-order valence-corrected chi connectivity index (χ1v) is 14.5. The predicted molar refractivity (Wildman–Crippen MR) is 137 cm³/mol. The van der Waals surface area contributed by atoms with Crippen LogP contribution in [-0.2, 0) is 27.8 Å². The van der Waals surface area contributed by atoms with Crippen LogP contribution in [0.2, 0.25) is 0 Å². The standard InChI is InChI=1S/C27H35N3O5S/c31-27(29-15-13-28(14-16-29)19-23-10-11-25-26(18-23)35-21-34-25)24-9-4-12-30(20-24)36(32,33)17-5-8-22-6-2-1-3-7-22/h1-3,6-7,10-11,18,24H,4-5,8-9,12-17,19-21H2/t24-/m1/s1. The molecule has 0 radical (unpaired) electrons. The number of sulfonamides is 1. The largest absolute Gasteiger partial charge is 0.454 e. The Morgan fingerprint density at radius 1 is 0.917 bits per heavy atom. The van der Waals surface area contributed by atoms with Crippen molar-refractivity contribution in [3.05, 3.63) is 59.7 Å². The van der Waals surface area contributed by atoms with Crippen molar-refractivity contribution in [3.63, 3.8) is 0 Å². The zero-order valence-electron chi connectivity index (χ0n) is 20.7. The summed E-state index contributed by atoms with van der Waals surface area (Å²) < 4.78 is 38.4. The lowest BCUT2D eigenvalue weighted by Crippen LogP contribution is -2.52. The molecule has 8 nitrogen and oxygen atoms in total. The molecule has 3 aliphatic heterocycles. The Bertz CT molecular complexity index is 1150. The lowest BCUT2D eigenvalue weighted by molar-refractivity contribution is -0.138. The number of piperidine rings is 1. The van der Waals surface area contributed by atoms with Gasteiger partial charge >= 0.3 is 0 Å². The molecular weight excluding hydrogens is 478 g/mol. The van der Waals surface area contributed by atoms with Gasteiger partial charge < -0.3 is 14.4 Å². The Balaban J connectivity index is 1.09. The second-order valence-corrected chi connectivity index (χ2v) is 12.0. The molecule has 2 aromatic rings. The fraction of sp³-hybridized carbons (Fsp3) is 0.519. The highest BCUT2D eigenvalue weighted by Gasteiger charge is 2.35. The number of carbonyl (C=O) groups excluding carboxylic acids is 1. The van der Waals surface area contributed by atoms with Crippen LogP contribution in [0.5, 0.6) is 11.5 Å². The molecule has 0 unspecified atom stereocenters. The maximum atomic E-state index is 13.3. The maximum absolute atomic E-state index is 13.3. The third kappa shape index (κ3) is 6.02. The second kappa shape index (κ2) is 11.2. The fourth-order valence-corrected chi connectivity index (χ4v) is 6.89. The molecule has 3 heterocycles. The molecule has 9 heteroatoms. The summed E-state index contributed by atoms with van der Waals surface area (Å²) in [5.41, 5.74) is 2.32. The van der Waals surface area contributed by atoms with Crippen molar-refractivity contribution in [3.8, 4) is 11.5 Å². The molecule has 3 aliphatic rings. The number of rotatable bonds is 8. The van der Waals surface area contributed by atoms with Gasteiger partial charge in [0.05, 0.1) is 11.7 Å². The molecule has 0 saturated carbocycles. The maximum Gasteiger partial charge on any atom is 0.231 e. The SMILES string of the molecule is O=C([C@@H]1CCCN(S(=O)(=O)CCCc2ccccc2)C1)N1CCN(Cc2ccc3c(c2)OCO3)CC1. The summed E-state index contributed by atoms with van der Waals surface area (Å²) in [5, 5.41) is 0. The fourth-order valence-electron chi connectivity index (χ4n) is 5.31. The third-order valence-corrected chi connectivity index (χ3v) is 9.29. The molecule has 1 amide bonds.